The maximum Gasteiger partial charge on any atom is 0.261 e. The summed E-state index contributed by atoms with van der Waals surface area (Å²) in [6.07, 6.45) is 7.88. The number of Topliss-reactive ketones (excluding diaryl/α,β-unsaturated/α-hetero) is 1. The Morgan fingerprint density at radius 3 is 2.36 bits per heavy atom. The van der Waals surface area contributed by atoms with E-state index in [9.17, 15) is 9.59 Å². The Morgan fingerprint density at radius 2 is 1.75 bits per heavy atom. The van der Waals surface area contributed by atoms with E-state index in [-0.39, 0.29) is 11.5 Å². The van der Waals surface area contributed by atoms with Crippen molar-refractivity contribution in [3.05, 3.63) is 40.9 Å². The van der Waals surface area contributed by atoms with Crippen LogP contribution in [-0.2, 0) is 16.1 Å². The van der Waals surface area contributed by atoms with Crippen molar-refractivity contribution in [2.75, 3.05) is 13.2 Å². The fourth-order valence-corrected chi connectivity index (χ4v) is 3.66. The highest BCUT2D eigenvalue weighted by molar-refractivity contribution is 5.78. The van der Waals surface area contributed by atoms with Gasteiger partial charge in [-0.05, 0) is 63.5 Å². The molecule has 0 amide bonds. The van der Waals surface area contributed by atoms with Gasteiger partial charge in [-0.25, -0.2) is 4.98 Å². The smallest absolute Gasteiger partial charge is 0.261 e. The van der Waals surface area contributed by atoms with Gasteiger partial charge in [-0.3, -0.25) is 14.2 Å². The second-order valence-electron chi connectivity index (χ2n) is 7.66. The Hall–Kier alpha value is -2.01. The topological polar surface area (TPSA) is 61.2 Å². The van der Waals surface area contributed by atoms with E-state index in [1.54, 1.807) is 17.8 Å². The zero-order valence-corrected chi connectivity index (χ0v) is 17.5. The first-order valence-electron chi connectivity index (χ1n) is 10.6. The average Bonchev–Trinajstić information content (AvgIpc) is 2.72. The van der Waals surface area contributed by atoms with Crippen molar-refractivity contribution >= 4 is 16.7 Å². The summed E-state index contributed by atoms with van der Waals surface area (Å²) in [6, 6.07) is 7.45. The molecule has 0 atom stereocenters. The molecule has 0 N–H and O–H groups in total. The molecular weight excluding hydrogens is 352 g/mol. The minimum Gasteiger partial charge on any atom is -0.381 e. The molecule has 1 saturated carbocycles. The molecule has 0 spiro atoms. The minimum absolute atomic E-state index is 0.0364. The molecule has 1 aliphatic carbocycles. The van der Waals surface area contributed by atoms with E-state index in [4.69, 9.17) is 4.74 Å². The van der Waals surface area contributed by atoms with E-state index in [1.807, 2.05) is 24.3 Å². The lowest BCUT2D eigenvalue weighted by molar-refractivity contribution is -0.121. The number of hydrogen-bond donors (Lipinski definition) is 0. The molecule has 0 radical (unpaired) electrons. The number of benzene rings is 1. The Balaban J connectivity index is 0.000000345. The number of hydrogen-bond acceptors (Lipinski definition) is 4. The highest BCUT2D eigenvalue weighted by atomic mass is 16.5. The maximum absolute atomic E-state index is 12.4. The third kappa shape index (κ3) is 6.55. The number of carbonyl (C=O) groups excluding carboxylic acids is 1. The Kier molecular flexibility index (Phi) is 9.35. The summed E-state index contributed by atoms with van der Waals surface area (Å²) < 4.78 is 6.86. The molecule has 1 aromatic heterocycles. The van der Waals surface area contributed by atoms with Crippen LogP contribution in [0.25, 0.3) is 10.9 Å². The van der Waals surface area contributed by atoms with Crippen molar-refractivity contribution in [1.29, 1.82) is 0 Å². The van der Waals surface area contributed by atoms with Crippen molar-refractivity contribution in [2.45, 2.75) is 65.8 Å². The highest BCUT2D eigenvalue weighted by Crippen LogP contribution is 2.30. The van der Waals surface area contributed by atoms with Crippen LogP contribution in [0.15, 0.2) is 35.4 Å². The monoisotopic (exact) mass is 386 g/mol. The van der Waals surface area contributed by atoms with Gasteiger partial charge in [0.15, 0.2) is 0 Å². The third-order valence-electron chi connectivity index (χ3n) is 5.31. The van der Waals surface area contributed by atoms with E-state index < -0.39 is 0 Å². The minimum atomic E-state index is 0.0364. The lowest BCUT2D eigenvalue weighted by Gasteiger charge is -2.27. The Labute approximate surface area is 168 Å². The number of rotatable bonds is 7. The molecule has 3 rings (SSSR count). The first-order chi connectivity index (χ1) is 13.6. The molecule has 2 aromatic rings. The molecular formula is C23H34N2O3. The average molecular weight is 387 g/mol. The summed E-state index contributed by atoms with van der Waals surface area (Å²) in [5, 5.41) is 0.678. The molecule has 1 fully saturated rings. The SMILES string of the molecule is CC(=O)C1CCC(Cn2cnc3ccccc3c2=O)CC1.CCCOCCC. The lowest BCUT2D eigenvalue weighted by atomic mass is 9.80. The zero-order valence-electron chi connectivity index (χ0n) is 17.5. The predicted molar refractivity (Wildman–Crippen MR) is 114 cm³/mol. The van der Waals surface area contributed by atoms with Crippen molar-refractivity contribution in [3.63, 3.8) is 0 Å². The van der Waals surface area contributed by atoms with Crippen LogP contribution >= 0.6 is 0 Å². The predicted octanol–water partition coefficient (Wildman–Crippen LogP) is 4.61. The molecule has 28 heavy (non-hydrogen) atoms. The molecule has 154 valence electrons. The third-order valence-corrected chi connectivity index (χ3v) is 5.31. The summed E-state index contributed by atoms with van der Waals surface area (Å²) in [5.74, 6) is 1.01. The number of carbonyl (C=O) groups is 1. The molecule has 0 bridgehead atoms. The zero-order chi connectivity index (χ0) is 20.4. The summed E-state index contributed by atoms with van der Waals surface area (Å²) in [5.41, 5.74) is 0.785. The van der Waals surface area contributed by atoms with E-state index in [1.165, 1.54) is 0 Å². The maximum atomic E-state index is 12.4. The van der Waals surface area contributed by atoms with E-state index in [2.05, 4.69) is 18.8 Å². The van der Waals surface area contributed by atoms with Gasteiger partial charge in [0.2, 0.25) is 0 Å². The molecule has 0 saturated heterocycles. The van der Waals surface area contributed by atoms with Crippen LogP contribution in [0.4, 0.5) is 0 Å². The van der Waals surface area contributed by atoms with Gasteiger partial charge < -0.3 is 4.74 Å². The summed E-state index contributed by atoms with van der Waals surface area (Å²) in [6.45, 7) is 8.48. The van der Waals surface area contributed by atoms with Gasteiger partial charge in [0.1, 0.15) is 5.78 Å². The van der Waals surface area contributed by atoms with Gasteiger partial charge in [0, 0.05) is 25.7 Å². The first-order valence-corrected chi connectivity index (χ1v) is 10.6. The molecule has 0 aliphatic heterocycles. The van der Waals surface area contributed by atoms with Gasteiger partial charge in [0.25, 0.3) is 5.56 Å². The number of ether oxygens (including phenoxy) is 1. The van der Waals surface area contributed by atoms with Crippen LogP contribution in [0.5, 0.6) is 0 Å². The number of nitrogens with zero attached hydrogens (tertiary/aromatic N) is 2. The van der Waals surface area contributed by atoms with Gasteiger partial charge in [-0.15, -0.1) is 0 Å². The van der Waals surface area contributed by atoms with Crippen LogP contribution in [0.3, 0.4) is 0 Å². The summed E-state index contributed by atoms with van der Waals surface area (Å²) in [7, 11) is 0. The van der Waals surface area contributed by atoms with E-state index in [0.717, 1.165) is 57.3 Å². The van der Waals surface area contributed by atoms with Crippen LogP contribution in [0.1, 0.15) is 59.3 Å². The van der Waals surface area contributed by atoms with Crippen LogP contribution in [0, 0.1) is 11.8 Å². The second-order valence-corrected chi connectivity index (χ2v) is 7.66. The molecule has 0 unspecified atom stereocenters. The Bertz CT molecular complexity index is 788. The van der Waals surface area contributed by atoms with Gasteiger partial charge in [-0.1, -0.05) is 26.0 Å². The van der Waals surface area contributed by atoms with Gasteiger partial charge in [0.05, 0.1) is 17.2 Å². The van der Waals surface area contributed by atoms with E-state index in [0.29, 0.717) is 23.6 Å². The number of para-hydroxylation sites is 1. The van der Waals surface area contributed by atoms with Crippen molar-refractivity contribution in [3.8, 4) is 0 Å². The fraction of sp³-hybridized carbons (Fsp3) is 0.609. The number of aromatic nitrogens is 2. The first kappa shape index (κ1) is 22.3. The van der Waals surface area contributed by atoms with Gasteiger partial charge >= 0.3 is 0 Å². The van der Waals surface area contributed by atoms with Crippen molar-refractivity contribution < 1.29 is 9.53 Å². The van der Waals surface area contributed by atoms with Gasteiger partial charge in [-0.2, -0.15) is 0 Å². The molecule has 1 aliphatic rings. The summed E-state index contributed by atoms with van der Waals surface area (Å²) in [4.78, 5) is 28.2. The summed E-state index contributed by atoms with van der Waals surface area (Å²) >= 11 is 0. The van der Waals surface area contributed by atoms with Crippen molar-refractivity contribution in [2.24, 2.45) is 11.8 Å². The van der Waals surface area contributed by atoms with Crippen LogP contribution in [-0.4, -0.2) is 28.5 Å². The fourth-order valence-electron chi connectivity index (χ4n) is 3.66. The highest BCUT2D eigenvalue weighted by Gasteiger charge is 2.24. The Morgan fingerprint density at radius 1 is 1.11 bits per heavy atom. The molecule has 5 nitrogen and oxygen atoms in total. The van der Waals surface area contributed by atoms with Crippen LogP contribution < -0.4 is 5.56 Å². The largest absolute Gasteiger partial charge is 0.381 e. The second kappa shape index (κ2) is 11.7. The molecule has 1 heterocycles. The van der Waals surface area contributed by atoms with Crippen LogP contribution in [0.2, 0.25) is 0 Å². The quantitative estimate of drug-likeness (QED) is 0.652. The number of ketones is 1. The van der Waals surface area contributed by atoms with E-state index >= 15 is 0 Å². The molecule has 1 aromatic carbocycles. The normalized spacial score (nSPS) is 19.1. The number of fused-ring (bicyclic) bond motifs is 1. The lowest BCUT2D eigenvalue weighted by Crippen LogP contribution is -2.28. The molecule has 5 heteroatoms. The standard InChI is InChI=1S/C17H20N2O2.C6H14O/c1-12(20)14-8-6-13(7-9-14)10-19-11-18-16-5-3-2-4-15(16)17(19)21;1-3-5-7-6-4-2/h2-5,11,13-14H,6-10H2,1H3;3-6H2,1-2H3. The van der Waals surface area contributed by atoms with Crippen molar-refractivity contribution in [1.82, 2.24) is 9.55 Å².